The van der Waals surface area contributed by atoms with Gasteiger partial charge in [0.15, 0.2) is 0 Å². The summed E-state index contributed by atoms with van der Waals surface area (Å²) in [6.45, 7) is 4.11. The zero-order valence-corrected chi connectivity index (χ0v) is 21.7. The van der Waals surface area contributed by atoms with Crippen molar-refractivity contribution in [1.29, 1.82) is 0 Å². The van der Waals surface area contributed by atoms with Crippen molar-refractivity contribution in [3.8, 4) is 5.69 Å². The minimum atomic E-state index is 0.819. The molecule has 0 saturated heterocycles. The molecule has 0 bridgehead atoms. The van der Waals surface area contributed by atoms with Gasteiger partial charge in [-0.05, 0) is 78.8 Å². The van der Waals surface area contributed by atoms with E-state index in [-0.39, 0.29) is 0 Å². The van der Waals surface area contributed by atoms with Gasteiger partial charge in [0.2, 0.25) is 0 Å². The van der Waals surface area contributed by atoms with E-state index in [4.69, 9.17) is 5.73 Å². The Morgan fingerprint density at radius 3 is 2.16 bits per heavy atom. The zero-order chi connectivity index (χ0) is 26.1. The minimum Gasteiger partial charge on any atom is -0.388 e. The van der Waals surface area contributed by atoms with Crippen LogP contribution in [0.5, 0.6) is 0 Å². The first-order valence-corrected chi connectivity index (χ1v) is 13.0. The van der Waals surface area contributed by atoms with E-state index in [1.54, 1.807) is 0 Å². The van der Waals surface area contributed by atoms with Gasteiger partial charge in [0, 0.05) is 16.5 Å². The topological polar surface area (TPSA) is 55.7 Å². The van der Waals surface area contributed by atoms with E-state index < -0.39 is 0 Å². The summed E-state index contributed by atoms with van der Waals surface area (Å²) in [5.74, 6) is 0. The zero-order valence-electron chi connectivity index (χ0n) is 21.7. The molecule has 1 aliphatic rings. The summed E-state index contributed by atoms with van der Waals surface area (Å²) in [4.78, 5) is 0. The average Bonchev–Trinajstić information content (AvgIpc) is 3.29. The third-order valence-corrected chi connectivity index (χ3v) is 7.27. The number of nitrogens with two attached hydrogens (primary N) is 1. The van der Waals surface area contributed by atoms with Crippen molar-refractivity contribution in [2.75, 3.05) is 0 Å². The molecule has 6 rings (SSSR count). The third kappa shape index (κ3) is 4.24. The molecule has 38 heavy (non-hydrogen) atoms. The molecule has 1 aliphatic carbocycles. The maximum absolute atomic E-state index is 5.41. The molecule has 4 heteroatoms. The van der Waals surface area contributed by atoms with Crippen LogP contribution in [0.25, 0.3) is 38.6 Å². The summed E-state index contributed by atoms with van der Waals surface area (Å²) in [7, 11) is 0. The molecule has 0 atom stereocenters. The van der Waals surface area contributed by atoms with Crippen molar-refractivity contribution in [3.63, 3.8) is 0 Å². The van der Waals surface area contributed by atoms with Crippen molar-refractivity contribution < 1.29 is 0 Å². The van der Waals surface area contributed by atoms with Gasteiger partial charge in [0.05, 0.1) is 16.7 Å². The van der Waals surface area contributed by atoms with Crippen molar-refractivity contribution in [3.05, 3.63) is 125 Å². The highest BCUT2D eigenvalue weighted by Gasteiger charge is 2.18. The molecule has 1 aromatic heterocycles. The van der Waals surface area contributed by atoms with Crippen LogP contribution in [0.1, 0.15) is 42.0 Å². The molecule has 0 saturated carbocycles. The summed E-state index contributed by atoms with van der Waals surface area (Å²) in [6.07, 6.45) is 8.11. The van der Waals surface area contributed by atoms with Crippen LogP contribution in [-0.2, 0) is 0 Å². The Hall–Kier alpha value is -4.70. The molecule has 1 heterocycles. The molecular formula is C34H30N4. The van der Waals surface area contributed by atoms with Gasteiger partial charge in [-0.15, -0.1) is 5.10 Å². The lowest BCUT2D eigenvalue weighted by Gasteiger charge is -2.18. The molecule has 4 nitrogen and oxygen atoms in total. The molecule has 0 aliphatic heterocycles. The molecule has 5 aromatic rings. The van der Waals surface area contributed by atoms with Gasteiger partial charge < -0.3 is 10.3 Å². The molecule has 0 fully saturated rings. The Balaban J connectivity index is 1.57. The summed E-state index contributed by atoms with van der Waals surface area (Å²) >= 11 is 0. The van der Waals surface area contributed by atoms with Crippen LogP contribution in [0.4, 0.5) is 0 Å². The second-order valence-corrected chi connectivity index (χ2v) is 9.77. The number of allylic oxidation sites excluding steroid dienone is 4. The summed E-state index contributed by atoms with van der Waals surface area (Å²) in [6, 6.07) is 32.8. The Kier molecular flexibility index (Phi) is 6.22. The number of aromatic nitrogens is 1. The smallest absolute Gasteiger partial charge is 0.108 e. The van der Waals surface area contributed by atoms with Gasteiger partial charge >= 0.3 is 0 Å². The average molecular weight is 495 g/mol. The normalized spacial score (nSPS) is 14.3. The second kappa shape index (κ2) is 9.98. The summed E-state index contributed by atoms with van der Waals surface area (Å²) in [5, 5.41) is 10.5. The fourth-order valence-electron chi connectivity index (χ4n) is 5.48. The van der Waals surface area contributed by atoms with E-state index in [0.717, 1.165) is 35.3 Å². The number of aryl methyl sites for hydroxylation is 1. The Bertz CT molecular complexity index is 1780. The van der Waals surface area contributed by atoms with Gasteiger partial charge in [-0.25, -0.2) is 0 Å². The van der Waals surface area contributed by atoms with Crippen LogP contribution in [0, 0.1) is 6.92 Å². The van der Waals surface area contributed by atoms with Crippen molar-refractivity contribution in [1.82, 2.24) is 4.57 Å². The number of benzene rings is 4. The molecule has 2 N–H and O–H groups in total. The summed E-state index contributed by atoms with van der Waals surface area (Å²) in [5.41, 5.74) is 17.1. The Labute approximate surface area is 223 Å². The van der Waals surface area contributed by atoms with Crippen LogP contribution < -0.4 is 5.73 Å². The Morgan fingerprint density at radius 2 is 1.45 bits per heavy atom. The lowest BCUT2D eigenvalue weighted by Crippen LogP contribution is -1.98. The lowest BCUT2D eigenvalue weighted by atomic mass is 9.87. The standard InChI is InChI=1S/C34H30N4/c1-23-9-8-10-26(19-23)29-13-6-7-14-30(29)27-16-18-32-31-17-15-25(24(2)37-36-22-35)20-33(31)38(34(32)21-27)28-11-4-3-5-12-28/h3-5,8-22H,6-7H2,1-2H3,(H2,35,36)/b37-24+. The minimum absolute atomic E-state index is 0.819. The number of nitrogens with zero attached hydrogens (tertiary/aromatic N) is 3. The fourth-order valence-corrected chi connectivity index (χ4v) is 5.48. The van der Waals surface area contributed by atoms with E-state index in [1.807, 2.05) is 6.92 Å². The SMILES string of the molecule is C/C(=N\N=C/N)c1ccc2c3ccc(C4=CCCC=C4c4cccc(C)c4)cc3n(-c3ccccc3)c2c1. The predicted molar refractivity (Wildman–Crippen MR) is 162 cm³/mol. The van der Waals surface area contributed by atoms with Crippen LogP contribution in [0.2, 0.25) is 0 Å². The van der Waals surface area contributed by atoms with Crippen molar-refractivity contribution >= 4 is 45.0 Å². The molecule has 0 unspecified atom stereocenters. The largest absolute Gasteiger partial charge is 0.388 e. The van der Waals surface area contributed by atoms with Gasteiger partial charge in [-0.1, -0.05) is 84.4 Å². The second-order valence-electron chi connectivity index (χ2n) is 9.77. The summed E-state index contributed by atoms with van der Waals surface area (Å²) < 4.78 is 2.36. The van der Waals surface area contributed by atoms with Gasteiger partial charge in [-0.2, -0.15) is 5.10 Å². The maximum atomic E-state index is 5.41. The molecule has 0 radical (unpaired) electrons. The maximum Gasteiger partial charge on any atom is 0.108 e. The first kappa shape index (κ1) is 23.7. The monoisotopic (exact) mass is 494 g/mol. The number of fused-ring (bicyclic) bond motifs is 3. The molecule has 186 valence electrons. The van der Waals surface area contributed by atoms with E-state index in [2.05, 4.69) is 125 Å². The fraction of sp³-hybridized carbons (Fsp3) is 0.118. The highest BCUT2D eigenvalue weighted by Crippen LogP contribution is 2.39. The molecule has 0 amide bonds. The Morgan fingerprint density at radius 1 is 0.763 bits per heavy atom. The highest BCUT2D eigenvalue weighted by molar-refractivity contribution is 6.14. The molecular weight excluding hydrogens is 464 g/mol. The quantitative estimate of drug-likeness (QED) is 0.150. The van der Waals surface area contributed by atoms with Crippen molar-refractivity contribution in [2.24, 2.45) is 15.9 Å². The van der Waals surface area contributed by atoms with E-state index in [0.29, 0.717) is 0 Å². The number of hydrogen-bond acceptors (Lipinski definition) is 2. The van der Waals surface area contributed by atoms with Gasteiger partial charge in [0.25, 0.3) is 0 Å². The van der Waals surface area contributed by atoms with E-state index in [9.17, 15) is 0 Å². The third-order valence-electron chi connectivity index (χ3n) is 7.27. The van der Waals surface area contributed by atoms with E-state index in [1.165, 1.54) is 50.5 Å². The van der Waals surface area contributed by atoms with Gasteiger partial charge in [-0.3, -0.25) is 0 Å². The first-order chi connectivity index (χ1) is 18.6. The predicted octanol–water partition coefficient (Wildman–Crippen LogP) is 8.06. The highest BCUT2D eigenvalue weighted by atomic mass is 15.2. The number of para-hydroxylation sites is 1. The molecule has 0 spiro atoms. The van der Waals surface area contributed by atoms with E-state index >= 15 is 0 Å². The first-order valence-electron chi connectivity index (χ1n) is 13.0. The van der Waals surface area contributed by atoms with Crippen LogP contribution in [0.3, 0.4) is 0 Å². The van der Waals surface area contributed by atoms with Crippen LogP contribution >= 0.6 is 0 Å². The molecule has 4 aromatic carbocycles. The van der Waals surface area contributed by atoms with Crippen LogP contribution in [0.15, 0.2) is 113 Å². The van der Waals surface area contributed by atoms with Crippen LogP contribution in [-0.4, -0.2) is 16.6 Å². The van der Waals surface area contributed by atoms with Crippen molar-refractivity contribution in [2.45, 2.75) is 26.7 Å². The lowest BCUT2D eigenvalue weighted by molar-refractivity contribution is 1.04. The number of rotatable bonds is 5. The van der Waals surface area contributed by atoms with Gasteiger partial charge in [0.1, 0.15) is 6.34 Å². The number of hydrogen-bond donors (Lipinski definition) is 1.